The lowest BCUT2D eigenvalue weighted by molar-refractivity contribution is 0.192. The van der Waals surface area contributed by atoms with E-state index in [9.17, 15) is 0 Å². The Balaban J connectivity index is 0.00000450. The van der Waals surface area contributed by atoms with Crippen molar-refractivity contribution in [2.45, 2.75) is 46.2 Å². The normalized spacial score (nSPS) is 15.5. The quantitative estimate of drug-likeness (QED) is 0.272. The average molecular weight is 534 g/mol. The van der Waals surface area contributed by atoms with Gasteiger partial charge in [0.1, 0.15) is 0 Å². The number of ether oxygens (including phenoxy) is 3. The van der Waals surface area contributed by atoms with E-state index < -0.39 is 0 Å². The predicted molar refractivity (Wildman–Crippen MR) is 134 cm³/mol. The van der Waals surface area contributed by atoms with Crippen LogP contribution in [-0.2, 0) is 6.54 Å². The molecule has 1 atom stereocenters. The molecule has 8 heteroatoms. The molecule has 2 rings (SSSR count). The molecule has 0 aliphatic carbocycles. The number of benzene rings is 1. The van der Waals surface area contributed by atoms with Gasteiger partial charge in [-0.15, -0.1) is 24.0 Å². The molecule has 0 bridgehead atoms. The fourth-order valence-electron chi connectivity index (χ4n) is 3.80. The first-order chi connectivity index (χ1) is 14.0. The van der Waals surface area contributed by atoms with E-state index in [0.717, 1.165) is 24.6 Å². The van der Waals surface area contributed by atoms with Gasteiger partial charge in [-0.3, -0.25) is 4.90 Å². The summed E-state index contributed by atoms with van der Waals surface area (Å²) in [5.74, 6) is 3.30. The molecule has 1 aliphatic heterocycles. The molecular formula is C22H39IN4O3. The molecule has 1 aromatic rings. The Kier molecular flexibility index (Phi) is 12.2. The van der Waals surface area contributed by atoms with Crippen LogP contribution < -0.4 is 24.8 Å². The Bertz CT molecular complexity index is 639. The lowest BCUT2D eigenvalue weighted by Crippen LogP contribution is -2.48. The topological polar surface area (TPSA) is 67.4 Å². The van der Waals surface area contributed by atoms with E-state index in [1.807, 2.05) is 12.1 Å². The maximum absolute atomic E-state index is 5.45. The molecular weight excluding hydrogens is 495 g/mol. The van der Waals surface area contributed by atoms with Gasteiger partial charge in [-0.25, -0.2) is 4.99 Å². The molecule has 0 aromatic heterocycles. The number of aliphatic imine (C=N–C) groups is 1. The van der Waals surface area contributed by atoms with E-state index in [2.05, 4.69) is 36.3 Å². The fraction of sp³-hybridized carbons (Fsp3) is 0.682. The number of rotatable bonds is 10. The van der Waals surface area contributed by atoms with Gasteiger partial charge in [-0.2, -0.15) is 0 Å². The van der Waals surface area contributed by atoms with Crippen molar-refractivity contribution in [2.75, 3.05) is 47.5 Å². The third-order valence-electron chi connectivity index (χ3n) is 5.35. The third-order valence-corrected chi connectivity index (χ3v) is 5.35. The monoisotopic (exact) mass is 534 g/mol. The molecule has 1 fully saturated rings. The van der Waals surface area contributed by atoms with Crippen molar-refractivity contribution in [3.05, 3.63) is 17.7 Å². The number of guanidine groups is 1. The van der Waals surface area contributed by atoms with Crippen LogP contribution in [-0.4, -0.2) is 64.4 Å². The van der Waals surface area contributed by atoms with E-state index in [1.165, 1.54) is 25.9 Å². The average Bonchev–Trinajstić information content (AvgIpc) is 3.25. The highest BCUT2D eigenvalue weighted by Crippen LogP contribution is 2.38. The van der Waals surface area contributed by atoms with Gasteiger partial charge in [0.2, 0.25) is 5.75 Å². The smallest absolute Gasteiger partial charge is 0.203 e. The maximum Gasteiger partial charge on any atom is 0.203 e. The van der Waals surface area contributed by atoms with Gasteiger partial charge in [0.05, 0.1) is 27.9 Å². The van der Waals surface area contributed by atoms with Crippen LogP contribution in [0.15, 0.2) is 17.1 Å². The minimum absolute atomic E-state index is 0. The van der Waals surface area contributed by atoms with Crippen LogP contribution in [0.2, 0.25) is 0 Å². The van der Waals surface area contributed by atoms with Gasteiger partial charge in [-0.05, 0) is 56.5 Å². The molecule has 0 radical (unpaired) electrons. The van der Waals surface area contributed by atoms with Crippen LogP contribution >= 0.6 is 24.0 Å². The molecule has 1 unspecified atom stereocenters. The summed E-state index contributed by atoms with van der Waals surface area (Å²) in [7, 11) is 4.86. The van der Waals surface area contributed by atoms with Crippen LogP contribution in [0, 0.1) is 5.92 Å². The molecule has 1 heterocycles. The summed E-state index contributed by atoms with van der Waals surface area (Å²) in [6, 6.07) is 4.40. The zero-order chi connectivity index (χ0) is 21.2. The standard InChI is InChI=1S/C22H38N4O3.HI/c1-7-23-22(25-15-18(16(2)3)26-10-8-9-11-26)24-14-17-12-19(27-4)21(29-6)20(13-17)28-5;/h12-13,16,18H,7-11,14-15H2,1-6H3,(H2,23,24,25);1H. The summed E-state index contributed by atoms with van der Waals surface area (Å²) in [5, 5.41) is 6.89. The fourth-order valence-corrected chi connectivity index (χ4v) is 3.80. The zero-order valence-corrected chi connectivity index (χ0v) is 21.6. The van der Waals surface area contributed by atoms with Crippen LogP contribution in [0.25, 0.3) is 0 Å². The Morgan fingerprint density at radius 2 is 1.63 bits per heavy atom. The van der Waals surface area contributed by atoms with E-state index in [-0.39, 0.29) is 24.0 Å². The second-order valence-corrected chi connectivity index (χ2v) is 7.66. The molecule has 0 amide bonds. The van der Waals surface area contributed by atoms with Crippen LogP contribution in [0.5, 0.6) is 17.2 Å². The van der Waals surface area contributed by atoms with Crippen molar-refractivity contribution in [3.63, 3.8) is 0 Å². The molecule has 1 saturated heterocycles. The summed E-state index contributed by atoms with van der Waals surface area (Å²) in [6.45, 7) is 11.3. The Labute approximate surface area is 199 Å². The maximum atomic E-state index is 5.45. The first-order valence-electron chi connectivity index (χ1n) is 10.6. The highest BCUT2D eigenvalue weighted by atomic mass is 127. The predicted octanol–water partition coefficient (Wildman–Crippen LogP) is 3.51. The van der Waals surface area contributed by atoms with Crippen molar-refractivity contribution >= 4 is 29.9 Å². The van der Waals surface area contributed by atoms with Gasteiger partial charge in [0.25, 0.3) is 0 Å². The summed E-state index contributed by atoms with van der Waals surface area (Å²) < 4.78 is 16.3. The second kappa shape index (κ2) is 13.8. The lowest BCUT2D eigenvalue weighted by Gasteiger charge is -2.31. The van der Waals surface area contributed by atoms with Gasteiger partial charge in [0.15, 0.2) is 17.5 Å². The summed E-state index contributed by atoms with van der Waals surface area (Å²) in [4.78, 5) is 7.37. The largest absolute Gasteiger partial charge is 0.493 e. The zero-order valence-electron chi connectivity index (χ0n) is 19.3. The summed E-state index contributed by atoms with van der Waals surface area (Å²) >= 11 is 0. The van der Waals surface area contributed by atoms with Crippen molar-refractivity contribution in [1.82, 2.24) is 15.5 Å². The van der Waals surface area contributed by atoms with Crippen molar-refractivity contribution in [2.24, 2.45) is 10.9 Å². The number of nitrogens with zero attached hydrogens (tertiary/aromatic N) is 2. The van der Waals surface area contributed by atoms with E-state index in [4.69, 9.17) is 19.2 Å². The molecule has 0 spiro atoms. The Morgan fingerprint density at radius 3 is 2.10 bits per heavy atom. The molecule has 7 nitrogen and oxygen atoms in total. The van der Waals surface area contributed by atoms with Gasteiger partial charge >= 0.3 is 0 Å². The summed E-state index contributed by atoms with van der Waals surface area (Å²) in [6.07, 6.45) is 2.61. The van der Waals surface area contributed by atoms with Crippen LogP contribution in [0.1, 0.15) is 39.2 Å². The van der Waals surface area contributed by atoms with E-state index in [0.29, 0.717) is 35.8 Å². The minimum atomic E-state index is 0. The second-order valence-electron chi connectivity index (χ2n) is 7.66. The number of hydrogen-bond donors (Lipinski definition) is 2. The molecule has 1 aromatic carbocycles. The van der Waals surface area contributed by atoms with Gasteiger partial charge in [0, 0.05) is 19.1 Å². The minimum Gasteiger partial charge on any atom is -0.493 e. The molecule has 0 saturated carbocycles. The number of halogens is 1. The number of hydrogen-bond acceptors (Lipinski definition) is 5. The number of nitrogens with one attached hydrogen (secondary N) is 2. The van der Waals surface area contributed by atoms with Crippen molar-refractivity contribution in [1.29, 1.82) is 0 Å². The van der Waals surface area contributed by atoms with Gasteiger partial charge < -0.3 is 24.8 Å². The van der Waals surface area contributed by atoms with Crippen molar-refractivity contribution < 1.29 is 14.2 Å². The molecule has 2 N–H and O–H groups in total. The number of methoxy groups -OCH3 is 3. The molecule has 172 valence electrons. The summed E-state index contributed by atoms with van der Waals surface area (Å²) in [5.41, 5.74) is 0.997. The highest BCUT2D eigenvalue weighted by molar-refractivity contribution is 14.0. The van der Waals surface area contributed by atoms with Crippen LogP contribution in [0.4, 0.5) is 0 Å². The molecule has 1 aliphatic rings. The third kappa shape index (κ3) is 7.37. The lowest BCUT2D eigenvalue weighted by atomic mass is 10.0. The first kappa shape index (κ1) is 26.6. The Morgan fingerprint density at radius 1 is 1.03 bits per heavy atom. The Hall–Kier alpha value is -1.42. The number of likely N-dealkylation sites (tertiary alicyclic amines) is 1. The van der Waals surface area contributed by atoms with E-state index >= 15 is 0 Å². The van der Waals surface area contributed by atoms with Crippen molar-refractivity contribution in [3.8, 4) is 17.2 Å². The SMILES string of the molecule is CCNC(=NCc1cc(OC)c(OC)c(OC)c1)NCC(C(C)C)N1CCCC1.I. The first-order valence-corrected chi connectivity index (χ1v) is 10.6. The van der Waals surface area contributed by atoms with E-state index in [1.54, 1.807) is 21.3 Å². The highest BCUT2D eigenvalue weighted by Gasteiger charge is 2.24. The van der Waals surface area contributed by atoms with Crippen LogP contribution in [0.3, 0.4) is 0 Å². The van der Waals surface area contributed by atoms with Gasteiger partial charge in [-0.1, -0.05) is 13.8 Å². The molecule has 30 heavy (non-hydrogen) atoms.